The number of halogens is 1. The van der Waals surface area contributed by atoms with Gasteiger partial charge in [0.05, 0.1) is 17.3 Å². The second kappa shape index (κ2) is 8.80. The summed E-state index contributed by atoms with van der Waals surface area (Å²) in [5, 5.41) is 13.1. The summed E-state index contributed by atoms with van der Waals surface area (Å²) < 4.78 is 7.28. The van der Waals surface area contributed by atoms with E-state index in [1.54, 1.807) is 30.5 Å². The number of hydrogen-bond donors (Lipinski definition) is 2. The molecule has 33 heavy (non-hydrogen) atoms. The summed E-state index contributed by atoms with van der Waals surface area (Å²) in [7, 11) is 0. The van der Waals surface area contributed by atoms with Crippen LogP contribution in [0.4, 0.5) is 5.69 Å². The molecule has 1 aliphatic heterocycles. The van der Waals surface area contributed by atoms with Gasteiger partial charge in [-0.1, -0.05) is 34.1 Å². The average Bonchev–Trinajstić information content (AvgIpc) is 3.45. The zero-order chi connectivity index (χ0) is 22.9. The van der Waals surface area contributed by atoms with E-state index in [4.69, 9.17) is 21.7 Å². The van der Waals surface area contributed by atoms with Crippen molar-refractivity contribution in [3.05, 3.63) is 107 Å². The Morgan fingerprint density at radius 3 is 2.45 bits per heavy atom. The molecule has 0 aliphatic carbocycles. The number of anilines is 1. The van der Waals surface area contributed by atoms with E-state index in [-0.39, 0.29) is 17.6 Å². The minimum Gasteiger partial charge on any atom is -0.478 e. The Morgan fingerprint density at radius 1 is 1.03 bits per heavy atom. The number of aromatic nitrogens is 1. The second-order valence-electron chi connectivity index (χ2n) is 7.56. The predicted octanol–water partition coefficient (Wildman–Crippen LogP) is 5.98. The SMILES string of the molecule is O=C(O)c1ccc(-c2ccc([C@@H]3[C@@H](c4ccccn4)NC(=S)N3c3ccc(Br)cc3)o2)cc1. The van der Waals surface area contributed by atoms with Crippen molar-refractivity contribution in [3.63, 3.8) is 0 Å². The summed E-state index contributed by atoms with van der Waals surface area (Å²) in [6, 6.07) is 23.7. The maximum absolute atomic E-state index is 11.2. The Bertz CT molecular complexity index is 1310. The molecule has 2 aromatic carbocycles. The molecule has 6 nitrogen and oxygen atoms in total. The summed E-state index contributed by atoms with van der Waals surface area (Å²) >= 11 is 9.22. The van der Waals surface area contributed by atoms with Gasteiger partial charge in [0.2, 0.25) is 0 Å². The van der Waals surface area contributed by atoms with Gasteiger partial charge < -0.3 is 19.7 Å². The van der Waals surface area contributed by atoms with Crippen LogP contribution in [-0.4, -0.2) is 21.2 Å². The fraction of sp³-hybridized carbons (Fsp3) is 0.0800. The van der Waals surface area contributed by atoms with Gasteiger partial charge in [0.25, 0.3) is 0 Å². The molecular weight excluding hydrogens is 502 g/mol. The topological polar surface area (TPSA) is 78.6 Å². The van der Waals surface area contributed by atoms with Crippen molar-refractivity contribution in [2.45, 2.75) is 12.1 Å². The smallest absolute Gasteiger partial charge is 0.335 e. The van der Waals surface area contributed by atoms with Crippen molar-refractivity contribution in [3.8, 4) is 11.3 Å². The normalized spacial score (nSPS) is 17.7. The van der Waals surface area contributed by atoms with Crippen molar-refractivity contribution in [1.29, 1.82) is 0 Å². The fourth-order valence-electron chi connectivity index (χ4n) is 3.97. The first-order chi connectivity index (χ1) is 16.0. The quantitative estimate of drug-likeness (QED) is 0.314. The molecule has 5 rings (SSSR count). The highest BCUT2D eigenvalue weighted by Crippen LogP contribution is 2.43. The van der Waals surface area contributed by atoms with Gasteiger partial charge in [-0.2, -0.15) is 0 Å². The molecule has 1 fully saturated rings. The van der Waals surface area contributed by atoms with Crippen LogP contribution >= 0.6 is 28.1 Å². The standard InChI is InChI=1S/C25H18BrN3O3S/c26-17-8-10-18(11-9-17)29-23(22(28-25(29)33)19-3-1-2-14-27-19)21-13-12-20(32-21)15-4-6-16(7-5-15)24(30)31/h1-14,22-23H,(H,28,33)(H,30,31)/t22-,23-/m1/s1. The van der Waals surface area contributed by atoms with Gasteiger partial charge in [-0.25, -0.2) is 4.79 Å². The zero-order valence-electron chi connectivity index (χ0n) is 17.2. The maximum atomic E-state index is 11.2. The number of rotatable bonds is 5. The lowest BCUT2D eigenvalue weighted by Gasteiger charge is -2.26. The number of thiocarbonyl (C=S) groups is 1. The Labute approximate surface area is 204 Å². The molecule has 0 radical (unpaired) electrons. The van der Waals surface area contributed by atoms with E-state index in [9.17, 15) is 4.79 Å². The number of nitrogens with one attached hydrogen (secondary N) is 1. The predicted molar refractivity (Wildman–Crippen MR) is 133 cm³/mol. The lowest BCUT2D eigenvalue weighted by molar-refractivity contribution is 0.0697. The summed E-state index contributed by atoms with van der Waals surface area (Å²) in [5.74, 6) is 0.407. The zero-order valence-corrected chi connectivity index (χ0v) is 19.6. The van der Waals surface area contributed by atoms with Crippen LogP contribution in [0.3, 0.4) is 0 Å². The van der Waals surface area contributed by atoms with Crippen LogP contribution in [0, 0.1) is 0 Å². The summed E-state index contributed by atoms with van der Waals surface area (Å²) in [5.41, 5.74) is 2.81. The van der Waals surface area contributed by atoms with Gasteiger partial charge in [-0.15, -0.1) is 0 Å². The van der Waals surface area contributed by atoms with Crippen molar-refractivity contribution in [2.75, 3.05) is 4.90 Å². The van der Waals surface area contributed by atoms with Crippen LogP contribution in [0.2, 0.25) is 0 Å². The van der Waals surface area contributed by atoms with E-state index < -0.39 is 5.97 Å². The Balaban J connectivity index is 1.56. The van der Waals surface area contributed by atoms with Gasteiger partial charge in [-0.05, 0) is 72.9 Å². The summed E-state index contributed by atoms with van der Waals surface area (Å²) in [6.07, 6.45) is 1.76. The first-order valence-electron chi connectivity index (χ1n) is 10.2. The maximum Gasteiger partial charge on any atom is 0.335 e. The minimum absolute atomic E-state index is 0.212. The Kier molecular flexibility index (Phi) is 5.70. The molecule has 0 saturated carbocycles. The Morgan fingerprint density at radius 2 is 1.79 bits per heavy atom. The molecule has 1 aliphatic rings. The van der Waals surface area contributed by atoms with Crippen LogP contribution in [0.25, 0.3) is 11.3 Å². The van der Waals surface area contributed by atoms with Gasteiger partial charge in [0, 0.05) is 21.9 Å². The van der Waals surface area contributed by atoms with E-state index in [0.29, 0.717) is 10.9 Å². The monoisotopic (exact) mass is 519 g/mol. The molecule has 0 unspecified atom stereocenters. The van der Waals surface area contributed by atoms with E-state index in [1.165, 1.54) is 0 Å². The van der Waals surface area contributed by atoms with E-state index >= 15 is 0 Å². The largest absolute Gasteiger partial charge is 0.478 e. The molecule has 2 aromatic heterocycles. The lowest BCUT2D eigenvalue weighted by atomic mass is 10.0. The third-order valence-electron chi connectivity index (χ3n) is 5.54. The third-order valence-corrected chi connectivity index (χ3v) is 6.38. The molecule has 2 N–H and O–H groups in total. The number of carboxylic acids is 1. The lowest BCUT2D eigenvalue weighted by Crippen LogP contribution is -2.29. The highest BCUT2D eigenvalue weighted by atomic mass is 79.9. The second-order valence-corrected chi connectivity index (χ2v) is 8.86. The van der Waals surface area contributed by atoms with Crippen LogP contribution in [0.15, 0.2) is 93.9 Å². The number of aromatic carboxylic acids is 1. The fourth-order valence-corrected chi connectivity index (χ4v) is 4.58. The van der Waals surface area contributed by atoms with Crippen LogP contribution in [0.5, 0.6) is 0 Å². The summed E-state index contributed by atoms with van der Waals surface area (Å²) in [6.45, 7) is 0. The molecular formula is C25H18BrN3O3S. The molecule has 0 spiro atoms. The molecule has 0 bridgehead atoms. The minimum atomic E-state index is -0.962. The van der Waals surface area contributed by atoms with Crippen LogP contribution in [0.1, 0.15) is 33.9 Å². The number of hydrogen-bond acceptors (Lipinski definition) is 4. The molecule has 4 aromatic rings. The van der Waals surface area contributed by atoms with Crippen molar-refractivity contribution in [2.24, 2.45) is 0 Å². The number of benzene rings is 2. The van der Waals surface area contributed by atoms with Crippen molar-refractivity contribution >= 4 is 44.9 Å². The van der Waals surface area contributed by atoms with Crippen LogP contribution < -0.4 is 10.2 Å². The molecule has 3 heterocycles. The molecule has 8 heteroatoms. The average molecular weight is 520 g/mol. The van der Waals surface area contributed by atoms with Crippen molar-refractivity contribution in [1.82, 2.24) is 10.3 Å². The third kappa shape index (κ3) is 4.15. The molecule has 1 saturated heterocycles. The van der Waals surface area contributed by atoms with E-state index in [0.717, 1.165) is 27.2 Å². The van der Waals surface area contributed by atoms with E-state index in [2.05, 4.69) is 26.2 Å². The Hall–Kier alpha value is -3.49. The van der Waals surface area contributed by atoms with Gasteiger partial charge in [-0.3, -0.25) is 4.98 Å². The highest BCUT2D eigenvalue weighted by Gasteiger charge is 2.42. The van der Waals surface area contributed by atoms with Gasteiger partial charge >= 0.3 is 5.97 Å². The number of carbonyl (C=O) groups is 1. The van der Waals surface area contributed by atoms with Gasteiger partial charge in [0.1, 0.15) is 17.6 Å². The van der Waals surface area contributed by atoms with Gasteiger partial charge in [0.15, 0.2) is 5.11 Å². The van der Waals surface area contributed by atoms with E-state index in [1.807, 2.05) is 59.5 Å². The number of pyridine rings is 1. The highest BCUT2D eigenvalue weighted by molar-refractivity contribution is 9.10. The summed E-state index contributed by atoms with van der Waals surface area (Å²) in [4.78, 5) is 17.8. The molecule has 164 valence electrons. The molecule has 2 atom stereocenters. The van der Waals surface area contributed by atoms with Crippen LogP contribution in [-0.2, 0) is 0 Å². The number of carboxylic acid groups (broad SMARTS) is 1. The van der Waals surface area contributed by atoms with Crippen molar-refractivity contribution < 1.29 is 14.3 Å². The number of furan rings is 1. The first kappa shape index (κ1) is 21.4. The first-order valence-corrected chi connectivity index (χ1v) is 11.4. The number of nitrogens with zero attached hydrogens (tertiary/aromatic N) is 2. The molecule has 0 amide bonds.